The Bertz CT molecular complexity index is 527. The van der Waals surface area contributed by atoms with Crippen LogP contribution in [0.25, 0.3) is 0 Å². The summed E-state index contributed by atoms with van der Waals surface area (Å²) in [6, 6.07) is 4.10. The van der Waals surface area contributed by atoms with Crippen LogP contribution in [-0.2, 0) is 10.0 Å². The lowest BCUT2D eigenvalue weighted by molar-refractivity contribution is -0.387. The van der Waals surface area contributed by atoms with E-state index in [9.17, 15) is 18.5 Å². The Labute approximate surface area is 98.8 Å². The van der Waals surface area contributed by atoms with Crippen molar-refractivity contribution in [2.75, 3.05) is 13.1 Å². The maximum Gasteiger partial charge on any atom is 0.289 e. The molecule has 0 aliphatic rings. The van der Waals surface area contributed by atoms with Crippen LogP contribution in [0.4, 0.5) is 5.69 Å². The van der Waals surface area contributed by atoms with E-state index in [4.69, 9.17) is 5.73 Å². The highest BCUT2D eigenvalue weighted by molar-refractivity contribution is 7.89. The molecule has 0 bridgehead atoms. The molecule has 0 saturated heterocycles. The molecule has 0 heterocycles. The van der Waals surface area contributed by atoms with Gasteiger partial charge in [-0.05, 0) is 12.5 Å². The van der Waals surface area contributed by atoms with Crippen LogP contribution in [0.1, 0.15) is 5.56 Å². The van der Waals surface area contributed by atoms with Gasteiger partial charge < -0.3 is 5.73 Å². The number of nitrogens with one attached hydrogen (secondary N) is 1. The smallest absolute Gasteiger partial charge is 0.289 e. The third kappa shape index (κ3) is 2.99. The van der Waals surface area contributed by atoms with E-state index < -0.39 is 20.6 Å². The van der Waals surface area contributed by atoms with Crippen LogP contribution in [0.2, 0.25) is 0 Å². The topological polar surface area (TPSA) is 115 Å². The van der Waals surface area contributed by atoms with Crippen molar-refractivity contribution in [1.82, 2.24) is 4.72 Å². The van der Waals surface area contributed by atoms with Gasteiger partial charge in [0.25, 0.3) is 5.69 Å². The van der Waals surface area contributed by atoms with E-state index in [0.29, 0.717) is 5.56 Å². The third-order valence-electron chi connectivity index (χ3n) is 2.09. The number of aryl methyl sites for hydroxylation is 1. The normalized spacial score (nSPS) is 11.4. The second-order valence-electron chi connectivity index (χ2n) is 3.37. The highest BCUT2D eigenvalue weighted by Crippen LogP contribution is 2.26. The molecule has 0 aliphatic carbocycles. The molecule has 1 aromatic carbocycles. The molecular formula is C9H13N3O4S. The number of nitrogens with two attached hydrogens (primary N) is 1. The molecule has 0 radical (unpaired) electrons. The predicted molar refractivity (Wildman–Crippen MR) is 62.1 cm³/mol. The Morgan fingerprint density at radius 2 is 2.12 bits per heavy atom. The van der Waals surface area contributed by atoms with Crippen molar-refractivity contribution in [3.63, 3.8) is 0 Å². The van der Waals surface area contributed by atoms with Crippen LogP contribution in [0, 0.1) is 17.0 Å². The summed E-state index contributed by atoms with van der Waals surface area (Å²) in [5, 5.41) is 10.8. The first-order valence-electron chi connectivity index (χ1n) is 4.84. The van der Waals surface area contributed by atoms with E-state index in [0.717, 1.165) is 6.07 Å². The van der Waals surface area contributed by atoms with Crippen LogP contribution in [0.15, 0.2) is 23.1 Å². The van der Waals surface area contributed by atoms with Crippen LogP contribution >= 0.6 is 0 Å². The summed E-state index contributed by atoms with van der Waals surface area (Å²) >= 11 is 0. The van der Waals surface area contributed by atoms with Crippen molar-refractivity contribution in [3.8, 4) is 0 Å². The number of nitro benzene ring substituents is 1. The van der Waals surface area contributed by atoms with Crippen molar-refractivity contribution in [3.05, 3.63) is 33.9 Å². The molecule has 7 nitrogen and oxygen atoms in total. The monoisotopic (exact) mass is 259 g/mol. The van der Waals surface area contributed by atoms with Gasteiger partial charge in [-0.3, -0.25) is 10.1 Å². The lowest BCUT2D eigenvalue weighted by Crippen LogP contribution is -2.30. The Hall–Kier alpha value is -1.51. The van der Waals surface area contributed by atoms with Crippen LogP contribution in [0.5, 0.6) is 0 Å². The molecule has 17 heavy (non-hydrogen) atoms. The molecule has 94 valence electrons. The van der Waals surface area contributed by atoms with E-state index in [2.05, 4.69) is 4.72 Å². The van der Waals surface area contributed by atoms with E-state index in [1.807, 2.05) is 0 Å². The summed E-state index contributed by atoms with van der Waals surface area (Å²) in [4.78, 5) is 9.76. The van der Waals surface area contributed by atoms with E-state index >= 15 is 0 Å². The molecule has 0 atom stereocenters. The molecule has 0 amide bonds. The standard InChI is InChI=1S/C9H13N3O4S/c1-7-3-2-4-8(12(13)14)9(7)17(15,16)11-6-5-10/h2-4,11H,5-6,10H2,1H3. The molecule has 0 aromatic heterocycles. The fourth-order valence-electron chi connectivity index (χ4n) is 1.40. The molecule has 0 fully saturated rings. The van der Waals surface area contributed by atoms with Gasteiger partial charge in [0, 0.05) is 19.2 Å². The van der Waals surface area contributed by atoms with Crippen molar-refractivity contribution in [2.24, 2.45) is 5.73 Å². The summed E-state index contributed by atoms with van der Waals surface area (Å²) in [7, 11) is -3.90. The highest BCUT2D eigenvalue weighted by atomic mass is 32.2. The molecule has 0 aliphatic heterocycles. The summed E-state index contributed by atoms with van der Waals surface area (Å²) < 4.78 is 25.9. The maximum absolute atomic E-state index is 11.9. The average Bonchev–Trinajstić information content (AvgIpc) is 2.25. The summed E-state index contributed by atoms with van der Waals surface area (Å²) in [5.41, 5.74) is 5.08. The fourth-order valence-corrected chi connectivity index (χ4v) is 2.84. The number of hydrogen-bond donors (Lipinski definition) is 2. The van der Waals surface area contributed by atoms with Gasteiger partial charge in [0.05, 0.1) is 4.92 Å². The number of nitro groups is 1. The number of hydrogen-bond acceptors (Lipinski definition) is 5. The quantitative estimate of drug-likeness (QED) is 0.576. The summed E-state index contributed by atoms with van der Waals surface area (Å²) in [5.74, 6) is 0. The molecular weight excluding hydrogens is 246 g/mol. The SMILES string of the molecule is Cc1cccc([N+](=O)[O-])c1S(=O)(=O)NCCN. The fraction of sp³-hybridized carbons (Fsp3) is 0.333. The zero-order chi connectivity index (χ0) is 13.1. The number of rotatable bonds is 5. The summed E-state index contributed by atoms with van der Waals surface area (Å²) in [6.07, 6.45) is 0. The number of sulfonamides is 1. The molecule has 3 N–H and O–H groups in total. The van der Waals surface area contributed by atoms with Crippen LogP contribution in [-0.4, -0.2) is 26.4 Å². The van der Waals surface area contributed by atoms with Gasteiger partial charge in [0.2, 0.25) is 10.0 Å². The van der Waals surface area contributed by atoms with E-state index in [1.54, 1.807) is 0 Å². The lowest BCUT2D eigenvalue weighted by atomic mass is 10.2. The van der Waals surface area contributed by atoms with E-state index in [1.165, 1.54) is 19.1 Å². The third-order valence-corrected chi connectivity index (χ3v) is 3.75. The minimum atomic E-state index is -3.90. The Balaban J connectivity index is 3.34. The van der Waals surface area contributed by atoms with Crippen molar-refractivity contribution in [2.45, 2.75) is 11.8 Å². The second kappa shape index (κ2) is 5.21. The number of nitrogens with zero attached hydrogens (tertiary/aromatic N) is 1. The first-order chi connectivity index (χ1) is 7.90. The number of benzene rings is 1. The van der Waals surface area contributed by atoms with Gasteiger partial charge in [-0.2, -0.15) is 0 Å². The van der Waals surface area contributed by atoms with E-state index in [-0.39, 0.29) is 18.0 Å². The van der Waals surface area contributed by atoms with Crippen molar-refractivity contribution >= 4 is 15.7 Å². The average molecular weight is 259 g/mol. The Morgan fingerprint density at radius 1 is 1.47 bits per heavy atom. The Kier molecular flexibility index (Phi) is 4.16. The van der Waals surface area contributed by atoms with Crippen molar-refractivity contribution < 1.29 is 13.3 Å². The zero-order valence-electron chi connectivity index (χ0n) is 9.21. The van der Waals surface area contributed by atoms with Crippen LogP contribution < -0.4 is 10.5 Å². The Morgan fingerprint density at radius 3 is 2.65 bits per heavy atom. The lowest BCUT2D eigenvalue weighted by Gasteiger charge is -2.08. The first kappa shape index (κ1) is 13.6. The predicted octanol–water partition coefficient (Wildman–Crippen LogP) is 0.140. The molecule has 1 aromatic rings. The largest absolute Gasteiger partial charge is 0.329 e. The molecule has 0 saturated carbocycles. The minimum Gasteiger partial charge on any atom is -0.329 e. The van der Waals surface area contributed by atoms with Gasteiger partial charge in [-0.25, -0.2) is 13.1 Å². The van der Waals surface area contributed by atoms with Gasteiger partial charge in [-0.15, -0.1) is 0 Å². The second-order valence-corrected chi connectivity index (χ2v) is 5.07. The highest BCUT2D eigenvalue weighted by Gasteiger charge is 2.26. The molecule has 1 rings (SSSR count). The first-order valence-corrected chi connectivity index (χ1v) is 6.32. The minimum absolute atomic E-state index is 0.0355. The van der Waals surface area contributed by atoms with Gasteiger partial charge in [-0.1, -0.05) is 12.1 Å². The van der Waals surface area contributed by atoms with Gasteiger partial charge >= 0.3 is 0 Å². The van der Waals surface area contributed by atoms with Crippen LogP contribution in [0.3, 0.4) is 0 Å². The molecule has 0 spiro atoms. The summed E-state index contributed by atoms with van der Waals surface area (Å²) in [6.45, 7) is 1.66. The molecule has 8 heteroatoms. The molecule has 0 unspecified atom stereocenters. The van der Waals surface area contributed by atoms with Gasteiger partial charge in [0.15, 0.2) is 4.90 Å². The van der Waals surface area contributed by atoms with Crippen molar-refractivity contribution in [1.29, 1.82) is 0 Å². The van der Waals surface area contributed by atoms with Gasteiger partial charge in [0.1, 0.15) is 0 Å². The maximum atomic E-state index is 11.9. The zero-order valence-corrected chi connectivity index (χ0v) is 10.0.